The molecule has 0 rings (SSSR count). The van der Waals surface area contributed by atoms with Crippen LogP contribution in [0.15, 0.2) is 0 Å². The van der Waals surface area contributed by atoms with Gasteiger partial charge in [0.15, 0.2) is 16.6 Å². The third-order valence-corrected chi connectivity index (χ3v) is 8.55. The van der Waals surface area contributed by atoms with Crippen molar-refractivity contribution in [1.29, 1.82) is 0 Å². The van der Waals surface area contributed by atoms with Crippen LogP contribution in [0.2, 0.25) is 39.3 Å². The quantitative estimate of drug-likeness (QED) is 0.595. The summed E-state index contributed by atoms with van der Waals surface area (Å²) in [4.78, 5) is 0. The van der Waals surface area contributed by atoms with Gasteiger partial charge in [0, 0.05) is 0 Å². The summed E-state index contributed by atoms with van der Waals surface area (Å²) < 4.78 is 23.5. The summed E-state index contributed by atoms with van der Waals surface area (Å²) in [7, 11) is -6.90. The van der Waals surface area contributed by atoms with Crippen LogP contribution < -0.4 is 0 Å². The predicted octanol–water partition coefficient (Wildman–Crippen LogP) is 2.87. The molecule has 0 spiro atoms. The van der Waals surface area contributed by atoms with Gasteiger partial charge in [-0.15, -0.1) is 0 Å². The zero-order valence-corrected chi connectivity index (χ0v) is 13.4. The highest BCUT2D eigenvalue weighted by Gasteiger charge is 2.35. The molecule has 4 nitrogen and oxygen atoms in total. The monoisotopic (exact) mass is 270 g/mol. The molecule has 0 aromatic carbocycles. The van der Waals surface area contributed by atoms with E-state index >= 15 is 0 Å². The average molecular weight is 270 g/mol. The fraction of sp³-hybridized carbons (Fsp3) is 1.00. The van der Waals surface area contributed by atoms with Crippen LogP contribution in [0.1, 0.15) is 0 Å². The summed E-state index contributed by atoms with van der Waals surface area (Å²) in [6.45, 7) is 11.6. The first-order valence-corrected chi connectivity index (χ1v) is 13.6. The first-order chi connectivity index (χ1) is 6.47. The molecule has 0 saturated carbocycles. The van der Waals surface area contributed by atoms with E-state index in [0.717, 1.165) is 0 Å². The highest BCUT2D eigenvalue weighted by molar-refractivity contribution is 7.57. The van der Waals surface area contributed by atoms with Crippen LogP contribution >= 0.6 is 7.60 Å². The summed E-state index contributed by atoms with van der Waals surface area (Å²) in [6.07, 6.45) is 0.0987. The van der Waals surface area contributed by atoms with Gasteiger partial charge in [-0.3, -0.25) is 4.57 Å². The second-order valence-corrected chi connectivity index (χ2v) is 17.0. The second kappa shape index (κ2) is 5.25. The van der Waals surface area contributed by atoms with Gasteiger partial charge in [-0.25, -0.2) is 0 Å². The van der Waals surface area contributed by atoms with E-state index in [1.165, 1.54) is 0 Å². The van der Waals surface area contributed by atoms with Crippen molar-refractivity contribution in [2.75, 3.05) is 12.8 Å². The van der Waals surface area contributed by atoms with Crippen molar-refractivity contribution in [1.82, 2.24) is 0 Å². The highest BCUT2D eigenvalue weighted by atomic mass is 31.2. The van der Waals surface area contributed by atoms with Gasteiger partial charge in [0.2, 0.25) is 0 Å². The first-order valence-electron chi connectivity index (χ1n) is 5.09. The topological polar surface area (TPSA) is 55.8 Å². The van der Waals surface area contributed by atoms with Crippen molar-refractivity contribution >= 4 is 24.2 Å². The number of hydrogen-bond acceptors (Lipinski definition) is 4. The van der Waals surface area contributed by atoms with E-state index in [0.29, 0.717) is 0 Å². The highest BCUT2D eigenvalue weighted by Crippen LogP contribution is 2.52. The van der Waals surface area contributed by atoms with Gasteiger partial charge in [0.1, 0.15) is 0 Å². The molecule has 0 aliphatic carbocycles. The van der Waals surface area contributed by atoms with Crippen molar-refractivity contribution in [2.45, 2.75) is 39.3 Å². The molecule has 0 unspecified atom stereocenters. The Kier molecular flexibility index (Phi) is 5.44. The van der Waals surface area contributed by atoms with E-state index in [2.05, 4.69) is 0 Å². The molecule has 0 fully saturated rings. The third kappa shape index (κ3) is 8.36. The minimum absolute atomic E-state index is 0.0987. The maximum Gasteiger partial charge on any atom is 0.313 e. The fourth-order valence-electron chi connectivity index (χ4n) is 1.07. The van der Waals surface area contributed by atoms with Crippen LogP contribution in [0.3, 0.4) is 0 Å². The molecular formula is C8H23O4PSi2. The molecule has 0 heterocycles. The Bertz CT molecular complexity index is 224. The zero-order valence-electron chi connectivity index (χ0n) is 10.5. The smallest absolute Gasteiger partial charge is 0.313 e. The number of rotatable bonds is 6. The molecule has 0 saturated heterocycles. The summed E-state index contributed by atoms with van der Waals surface area (Å²) >= 11 is 0. The number of hydrogen-bond donors (Lipinski definition) is 1. The summed E-state index contributed by atoms with van der Waals surface area (Å²) in [5.41, 5.74) is 0. The zero-order chi connectivity index (χ0) is 12.3. The van der Waals surface area contributed by atoms with Gasteiger partial charge in [0.05, 0.1) is 12.8 Å². The lowest BCUT2D eigenvalue weighted by molar-refractivity contribution is 0.302. The third-order valence-electron chi connectivity index (χ3n) is 1.20. The van der Waals surface area contributed by atoms with Gasteiger partial charge in [-0.2, -0.15) is 0 Å². The Hall–Kier alpha value is 0.544. The molecule has 7 heteroatoms. The second-order valence-electron chi connectivity index (χ2n) is 5.47. The maximum atomic E-state index is 12.3. The van der Waals surface area contributed by atoms with Crippen LogP contribution in [0.25, 0.3) is 0 Å². The lowest BCUT2D eigenvalue weighted by Gasteiger charge is -2.30. The Morgan fingerprint density at radius 3 is 1.53 bits per heavy atom. The Morgan fingerprint density at radius 2 is 1.33 bits per heavy atom. The van der Waals surface area contributed by atoms with Gasteiger partial charge < -0.3 is 13.5 Å². The Balaban J connectivity index is 4.68. The molecule has 1 N–H and O–H groups in total. The molecule has 0 amide bonds. The molecule has 0 radical (unpaired) electrons. The van der Waals surface area contributed by atoms with Crippen molar-refractivity contribution in [3.8, 4) is 0 Å². The van der Waals surface area contributed by atoms with E-state index in [1.807, 2.05) is 39.3 Å². The largest absolute Gasteiger partial charge is 0.396 e. The van der Waals surface area contributed by atoms with Crippen molar-refractivity contribution < 1.29 is 18.1 Å². The molecule has 0 aromatic heterocycles. The van der Waals surface area contributed by atoms with Crippen molar-refractivity contribution in [2.24, 2.45) is 0 Å². The van der Waals surface area contributed by atoms with E-state index < -0.39 is 24.2 Å². The minimum Gasteiger partial charge on any atom is -0.396 e. The van der Waals surface area contributed by atoms with Crippen LogP contribution in [-0.2, 0) is 13.0 Å². The Labute approximate surface area is 94.8 Å². The molecule has 0 atom stereocenters. The predicted molar refractivity (Wildman–Crippen MR) is 68.4 cm³/mol. The first kappa shape index (κ1) is 15.5. The number of aliphatic hydroxyl groups excluding tert-OH is 1. The summed E-state index contributed by atoms with van der Waals surface area (Å²) in [5.74, 6) is 0. The van der Waals surface area contributed by atoms with E-state index in [1.54, 1.807) is 0 Å². The van der Waals surface area contributed by atoms with Gasteiger partial charge in [0.25, 0.3) is 0 Å². The Morgan fingerprint density at radius 1 is 1.00 bits per heavy atom. The van der Waals surface area contributed by atoms with Crippen molar-refractivity contribution in [3.05, 3.63) is 0 Å². The van der Waals surface area contributed by atoms with Crippen molar-refractivity contribution in [3.63, 3.8) is 0 Å². The SMILES string of the molecule is C[Si](C)(C)OP(=O)(CCO)O[Si](C)(C)C. The summed E-state index contributed by atoms with van der Waals surface area (Å²) in [5, 5.41) is 8.89. The molecule has 0 aliphatic rings. The van der Waals surface area contributed by atoms with E-state index in [-0.39, 0.29) is 12.8 Å². The van der Waals surface area contributed by atoms with Gasteiger partial charge in [-0.05, 0) is 39.3 Å². The standard InChI is InChI=1S/C8H23O4PSi2/c1-14(2,3)11-13(10,8-7-9)12-15(4,5)6/h9H,7-8H2,1-6H3. The molecule has 0 aromatic rings. The van der Waals surface area contributed by atoms with Crippen LogP contribution in [0.4, 0.5) is 0 Å². The number of aliphatic hydroxyl groups is 1. The van der Waals surface area contributed by atoms with E-state index in [9.17, 15) is 4.57 Å². The van der Waals surface area contributed by atoms with Crippen LogP contribution in [0.5, 0.6) is 0 Å². The summed E-state index contributed by atoms with van der Waals surface area (Å²) in [6, 6.07) is 0. The average Bonchev–Trinajstić information content (AvgIpc) is 1.74. The van der Waals surface area contributed by atoms with Gasteiger partial charge in [-0.1, -0.05) is 0 Å². The molecule has 92 valence electrons. The lowest BCUT2D eigenvalue weighted by atomic mass is 10.9. The maximum absolute atomic E-state index is 12.3. The minimum atomic E-state index is -3.09. The fourth-order valence-corrected chi connectivity index (χ4v) is 9.20. The molecule has 15 heavy (non-hydrogen) atoms. The van der Waals surface area contributed by atoms with E-state index in [4.69, 9.17) is 13.5 Å². The van der Waals surface area contributed by atoms with Crippen LogP contribution in [-0.4, -0.2) is 34.5 Å². The molecular weight excluding hydrogens is 247 g/mol. The normalized spacial score (nSPS) is 14.3. The van der Waals surface area contributed by atoms with Gasteiger partial charge >= 0.3 is 7.60 Å². The molecule has 0 bridgehead atoms. The molecule has 0 aliphatic heterocycles. The van der Waals surface area contributed by atoms with Crippen LogP contribution in [0, 0.1) is 0 Å². The lowest BCUT2D eigenvalue weighted by Crippen LogP contribution is -2.31.